The van der Waals surface area contributed by atoms with Crippen molar-refractivity contribution in [2.45, 2.75) is 31.3 Å². The van der Waals surface area contributed by atoms with Crippen LogP contribution in [0.2, 0.25) is 0 Å². The Kier molecular flexibility index (Phi) is 3.41. The van der Waals surface area contributed by atoms with E-state index in [0.29, 0.717) is 26.1 Å². The van der Waals surface area contributed by atoms with Gasteiger partial charge >= 0.3 is 0 Å². The van der Waals surface area contributed by atoms with Crippen LogP contribution < -0.4 is 0 Å². The SMILES string of the molecule is C=C[C@H]1C(O)C[C@@H](O)[C@@H]1CC1OCCO1. The second-order valence-corrected chi connectivity index (χ2v) is 4.25. The van der Waals surface area contributed by atoms with Gasteiger partial charge in [0.1, 0.15) is 0 Å². The van der Waals surface area contributed by atoms with E-state index in [1.54, 1.807) is 6.08 Å². The Hall–Kier alpha value is -0.420. The molecule has 0 bridgehead atoms. The molecule has 4 nitrogen and oxygen atoms in total. The lowest BCUT2D eigenvalue weighted by Gasteiger charge is -2.22. The first-order chi connectivity index (χ1) is 7.22. The maximum absolute atomic E-state index is 9.80. The number of aliphatic hydroxyl groups is 2. The zero-order valence-corrected chi connectivity index (χ0v) is 8.71. The first-order valence-electron chi connectivity index (χ1n) is 5.44. The first-order valence-corrected chi connectivity index (χ1v) is 5.44. The summed E-state index contributed by atoms with van der Waals surface area (Å²) in [4.78, 5) is 0. The molecular formula is C11H18O4. The summed E-state index contributed by atoms with van der Waals surface area (Å²) < 4.78 is 10.7. The van der Waals surface area contributed by atoms with Crippen LogP contribution in [0.25, 0.3) is 0 Å². The highest BCUT2D eigenvalue weighted by atomic mass is 16.7. The van der Waals surface area contributed by atoms with E-state index in [4.69, 9.17) is 9.47 Å². The van der Waals surface area contributed by atoms with E-state index >= 15 is 0 Å². The van der Waals surface area contributed by atoms with Crippen LogP contribution >= 0.6 is 0 Å². The summed E-state index contributed by atoms with van der Waals surface area (Å²) in [7, 11) is 0. The van der Waals surface area contributed by atoms with Crippen molar-refractivity contribution in [3.05, 3.63) is 12.7 Å². The molecule has 1 saturated heterocycles. The van der Waals surface area contributed by atoms with Crippen LogP contribution in [-0.4, -0.2) is 41.9 Å². The second kappa shape index (κ2) is 4.61. The predicted octanol–water partition coefficient (Wildman–Crippen LogP) is 0.293. The van der Waals surface area contributed by atoms with Crippen LogP contribution in [0, 0.1) is 11.8 Å². The van der Waals surface area contributed by atoms with Gasteiger partial charge in [0.05, 0.1) is 25.4 Å². The van der Waals surface area contributed by atoms with E-state index < -0.39 is 12.2 Å². The molecule has 15 heavy (non-hydrogen) atoms. The molecule has 2 aliphatic rings. The van der Waals surface area contributed by atoms with Gasteiger partial charge in [-0.2, -0.15) is 0 Å². The molecule has 4 atom stereocenters. The summed E-state index contributed by atoms with van der Waals surface area (Å²) in [5.74, 6) is -0.0478. The van der Waals surface area contributed by atoms with Crippen LogP contribution in [0.4, 0.5) is 0 Å². The van der Waals surface area contributed by atoms with Crippen LogP contribution in [0.3, 0.4) is 0 Å². The second-order valence-electron chi connectivity index (χ2n) is 4.25. The van der Waals surface area contributed by atoms with Crippen LogP contribution in [0.5, 0.6) is 0 Å². The molecule has 2 fully saturated rings. The Bertz CT molecular complexity index is 225. The molecule has 1 heterocycles. The lowest BCUT2D eigenvalue weighted by Crippen LogP contribution is -2.25. The van der Waals surface area contributed by atoms with E-state index in [0.717, 1.165) is 0 Å². The van der Waals surface area contributed by atoms with Gasteiger partial charge in [0.25, 0.3) is 0 Å². The summed E-state index contributed by atoms with van der Waals surface area (Å²) in [5.41, 5.74) is 0. The summed E-state index contributed by atoms with van der Waals surface area (Å²) >= 11 is 0. The quantitative estimate of drug-likeness (QED) is 0.663. The summed E-state index contributed by atoms with van der Waals surface area (Å²) in [5, 5.41) is 19.5. The Morgan fingerprint density at radius 1 is 1.20 bits per heavy atom. The number of hydrogen-bond acceptors (Lipinski definition) is 4. The van der Waals surface area contributed by atoms with Crippen molar-refractivity contribution in [3.63, 3.8) is 0 Å². The minimum atomic E-state index is -0.482. The topological polar surface area (TPSA) is 58.9 Å². The number of rotatable bonds is 3. The summed E-state index contributed by atoms with van der Waals surface area (Å²) in [6.45, 7) is 4.94. The van der Waals surface area contributed by atoms with E-state index in [1.807, 2.05) is 0 Å². The maximum Gasteiger partial charge on any atom is 0.158 e. The molecule has 0 spiro atoms. The van der Waals surface area contributed by atoms with Crippen molar-refractivity contribution in [3.8, 4) is 0 Å². The lowest BCUT2D eigenvalue weighted by atomic mass is 9.90. The summed E-state index contributed by atoms with van der Waals surface area (Å²) in [6.07, 6.45) is 1.60. The average molecular weight is 214 g/mol. The van der Waals surface area contributed by atoms with Crippen LogP contribution in [0.1, 0.15) is 12.8 Å². The van der Waals surface area contributed by atoms with Gasteiger partial charge in [-0.1, -0.05) is 6.08 Å². The molecule has 1 unspecified atom stereocenters. The van der Waals surface area contributed by atoms with Gasteiger partial charge in [-0.05, 0) is 5.92 Å². The van der Waals surface area contributed by atoms with Gasteiger partial charge in [0.2, 0.25) is 0 Å². The normalized spacial score (nSPS) is 42.3. The Balaban J connectivity index is 1.96. The fraction of sp³-hybridized carbons (Fsp3) is 0.818. The van der Waals surface area contributed by atoms with Crippen LogP contribution in [-0.2, 0) is 9.47 Å². The van der Waals surface area contributed by atoms with Crippen molar-refractivity contribution in [2.24, 2.45) is 11.8 Å². The Morgan fingerprint density at radius 3 is 2.47 bits per heavy atom. The van der Waals surface area contributed by atoms with Gasteiger partial charge in [-0.3, -0.25) is 0 Å². The number of ether oxygens (including phenoxy) is 2. The molecule has 0 aromatic rings. The average Bonchev–Trinajstić information content (AvgIpc) is 2.77. The number of hydrogen-bond donors (Lipinski definition) is 2. The molecule has 0 aromatic heterocycles. The van der Waals surface area contributed by atoms with Crippen molar-refractivity contribution in [1.82, 2.24) is 0 Å². The fourth-order valence-electron chi connectivity index (χ4n) is 2.53. The van der Waals surface area contributed by atoms with Gasteiger partial charge in [0, 0.05) is 18.8 Å². The Labute approximate surface area is 89.5 Å². The third-order valence-electron chi connectivity index (χ3n) is 3.34. The fourth-order valence-corrected chi connectivity index (χ4v) is 2.53. The third-order valence-corrected chi connectivity index (χ3v) is 3.34. The van der Waals surface area contributed by atoms with E-state index in [-0.39, 0.29) is 18.1 Å². The van der Waals surface area contributed by atoms with E-state index in [9.17, 15) is 10.2 Å². The zero-order valence-electron chi connectivity index (χ0n) is 8.71. The molecule has 2 N–H and O–H groups in total. The smallest absolute Gasteiger partial charge is 0.158 e. The predicted molar refractivity (Wildman–Crippen MR) is 54.1 cm³/mol. The number of aliphatic hydroxyl groups excluding tert-OH is 2. The zero-order chi connectivity index (χ0) is 10.8. The third kappa shape index (κ3) is 2.23. The van der Waals surface area contributed by atoms with Crippen molar-refractivity contribution < 1.29 is 19.7 Å². The molecule has 0 amide bonds. The molecule has 1 saturated carbocycles. The highest BCUT2D eigenvalue weighted by Crippen LogP contribution is 2.37. The monoisotopic (exact) mass is 214 g/mol. The molecule has 1 aliphatic heterocycles. The molecule has 4 heteroatoms. The van der Waals surface area contributed by atoms with Gasteiger partial charge in [-0.25, -0.2) is 0 Å². The van der Waals surface area contributed by atoms with Crippen molar-refractivity contribution >= 4 is 0 Å². The molecule has 0 radical (unpaired) electrons. The summed E-state index contributed by atoms with van der Waals surface area (Å²) in [6, 6.07) is 0. The molecule has 0 aromatic carbocycles. The van der Waals surface area contributed by atoms with Gasteiger partial charge in [0.15, 0.2) is 6.29 Å². The molecular weight excluding hydrogens is 196 g/mol. The van der Waals surface area contributed by atoms with Gasteiger partial charge in [-0.15, -0.1) is 6.58 Å². The minimum absolute atomic E-state index is 0.000556. The first kappa shape index (κ1) is 11.1. The molecule has 2 rings (SSSR count). The largest absolute Gasteiger partial charge is 0.393 e. The van der Waals surface area contributed by atoms with Crippen molar-refractivity contribution in [2.75, 3.05) is 13.2 Å². The van der Waals surface area contributed by atoms with Gasteiger partial charge < -0.3 is 19.7 Å². The van der Waals surface area contributed by atoms with Crippen molar-refractivity contribution in [1.29, 1.82) is 0 Å². The Morgan fingerprint density at radius 2 is 1.87 bits per heavy atom. The highest BCUT2D eigenvalue weighted by molar-refractivity contribution is 4.99. The molecule has 1 aliphatic carbocycles. The molecule has 86 valence electrons. The maximum atomic E-state index is 9.80. The van der Waals surface area contributed by atoms with E-state index in [2.05, 4.69) is 6.58 Å². The van der Waals surface area contributed by atoms with Crippen LogP contribution in [0.15, 0.2) is 12.7 Å². The van der Waals surface area contributed by atoms with E-state index in [1.165, 1.54) is 0 Å². The standard InChI is InChI=1S/C11H18O4/c1-2-7-8(10(13)6-9(7)12)5-11-14-3-4-15-11/h2,7-13H,1,3-6H2/t7-,8-,9?,10-/m1/s1. The lowest BCUT2D eigenvalue weighted by molar-refractivity contribution is -0.0696. The minimum Gasteiger partial charge on any atom is -0.393 e. The highest BCUT2D eigenvalue weighted by Gasteiger charge is 2.41.